The Hall–Kier alpha value is -2.30. The standard InChI is InChI=1S/C23H30ClF2N5O2Si/c1-23(2,3)34(4,5)33-16-10-6-9-15-19(16)29-21(20(25)26)31(15)22-27-17(24)12-18(28-22)30-11-7-8-14(30)13-32/h6,9-10,12,14,20,32H,7-8,11,13H2,1-5H3. The van der Waals surface area contributed by atoms with Crippen LogP contribution >= 0.6 is 11.6 Å². The van der Waals surface area contributed by atoms with Crippen molar-refractivity contribution >= 4 is 36.8 Å². The first-order valence-corrected chi connectivity index (χ1v) is 14.6. The summed E-state index contributed by atoms with van der Waals surface area (Å²) in [5.41, 5.74) is 0.752. The minimum absolute atomic E-state index is 0.00775. The zero-order chi connectivity index (χ0) is 24.8. The third-order valence-electron chi connectivity index (χ3n) is 6.79. The van der Waals surface area contributed by atoms with Gasteiger partial charge >= 0.3 is 0 Å². The topological polar surface area (TPSA) is 76.3 Å². The summed E-state index contributed by atoms with van der Waals surface area (Å²) in [5.74, 6) is 0.483. The highest BCUT2D eigenvalue weighted by atomic mass is 35.5. The second-order valence-corrected chi connectivity index (χ2v) is 15.2. The molecule has 0 amide bonds. The molecule has 1 unspecified atom stereocenters. The minimum Gasteiger partial charge on any atom is -0.542 e. The fraction of sp³-hybridized carbons (Fsp3) is 0.522. The molecule has 1 aliphatic rings. The van der Waals surface area contributed by atoms with Crippen molar-refractivity contribution in [2.24, 2.45) is 0 Å². The molecule has 1 saturated heterocycles. The average molecular weight is 510 g/mol. The van der Waals surface area contributed by atoms with Crippen LogP contribution in [0.3, 0.4) is 0 Å². The summed E-state index contributed by atoms with van der Waals surface area (Å²) < 4.78 is 36.0. The highest BCUT2D eigenvalue weighted by molar-refractivity contribution is 6.74. The van der Waals surface area contributed by atoms with Gasteiger partial charge in [0.15, 0.2) is 5.82 Å². The van der Waals surface area contributed by atoms with Crippen molar-refractivity contribution in [3.63, 3.8) is 0 Å². The molecule has 4 rings (SSSR count). The van der Waals surface area contributed by atoms with Gasteiger partial charge in [0.1, 0.15) is 22.2 Å². The van der Waals surface area contributed by atoms with Crippen LogP contribution in [0.2, 0.25) is 23.3 Å². The number of aliphatic hydroxyl groups excluding tert-OH is 1. The number of halogens is 3. The van der Waals surface area contributed by atoms with Gasteiger partial charge in [-0.3, -0.25) is 4.57 Å². The number of para-hydroxylation sites is 1. The fourth-order valence-corrected chi connectivity index (χ4v) is 5.12. The molecule has 11 heteroatoms. The Morgan fingerprint density at radius 1 is 1.24 bits per heavy atom. The quantitative estimate of drug-likeness (QED) is 0.336. The van der Waals surface area contributed by atoms with E-state index in [9.17, 15) is 13.9 Å². The summed E-state index contributed by atoms with van der Waals surface area (Å²) in [6.45, 7) is 11.2. The van der Waals surface area contributed by atoms with Gasteiger partial charge in [0.2, 0.25) is 5.95 Å². The molecule has 1 atom stereocenters. The van der Waals surface area contributed by atoms with E-state index in [0.29, 0.717) is 29.1 Å². The number of alkyl halides is 2. The van der Waals surface area contributed by atoms with Crippen molar-refractivity contribution in [1.29, 1.82) is 0 Å². The first-order chi connectivity index (χ1) is 15.9. The van der Waals surface area contributed by atoms with Crippen LogP contribution in [0.25, 0.3) is 17.0 Å². The third-order valence-corrected chi connectivity index (χ3v) is 11.3. The van der Waals surface area contributed by atoms with E-state index in [2.05, 4.69) is 48.8 Å². The summed E-state index contributed by atoms with van der Waals surface area (Å²) >= 11 is 6.31. The molecule has 1 fully saturated rings. The SMILES string of the molecule is CC(C)(C)[Si](C)(C)Oc1cccc2c1nc(C(F)F)n2-c1nc(Cl)cc(N2CCCC2CO)n1. The number of fused-ring (bicyclic) bond motifs is 1. The molecular formula is C23H30ClF2N5O2Si. The summed E-state index contributed by atoms with van der Waals surface area (Å²) in [5, 5.41) is 9.76. The molecule has 34 heavy (non-hydrogen) atoms. The van der Waals surface area contributed by atoms with E-state index in [1.807, 2.05) is 4.90 Å². The molecule has 2 aromatic heterocycles. The average Bonchev–Trinajstić information content (AvgIpc) is 3.37. The van der Waals surface area contributed by atoms with Crippen molar-refractivity contribution in [1.82, 2.24) is 19.5 Å². The molecule has 7 nitrogen and oxygen atoms in total. The van der Waals surface area contributed by atoms with Crippen LogP contribution < -0.4 is 9.33 Å². The van der Waals surface area contributed by atoms with Gasteiger partial charge in [-0.25, -0.2) is 18.7 Å². The second-order valence-electron chi connectivity index (χ2n) is 10.1. The van der Waals surface area contributed by atoms with Crippen LogP contribution in [0, 0.1) is 0 Å². The Balaban J connectivity index is 1.88. The van der Waals surface area contributed by atoms with E-state index in [1.165, 1.54) is 4.57 Å². The van der Waals surface area contributed by atoms with Gasteiger partial charge in [0, 0.05) is 12.6 Å². The second kappa shape index (κ2) is 9.05. The van der Waals surface area contributed by atoms with E-state index in [4.69, 9.17) is 16.0 Å². The Labute approximate surface area is 203 Å². The molecule has 1 aliphatic heterocycles. The number of nitrogens with zero attached hydrogens (tertiary/aromatic N) is 5. The van der Waals surface area contributed by atoms with Crippen LogP contribution in [0.4, 0.5) is 14.6 Å². The van der Waals surface area contributed by atoms with Gasteiger partial charge < -0.3 is 14.4 Å². The van der Waals surface area contributed by atoms with E-state index >= 15 is 0 Å². The van der Waals surface area contributed by atoms with Crippen LogP contribution in [-0.2, 0) is 0 Å². The zero-order valence-electron chi connectivity index (χ0n) is 20.0. The van der Waals surface area contributed by atoms with Crippen molar-refractivity contribution in [2.75, 3.05) is 18.1 Å². The van der Waals surface area contributed by atoms with Crippen LogP contribution in [0.5, 0.6) is 5.75 Å². The highest BCUT2D eigenvalue weighted by Crippen LogP contribution is 2.40. The van der Waals surface area contributed by atoms with Gasteiger partial charge in [0.25, 0.3) is 14.7 Å². The maximum absolute atomic E-state index is 14.2. The van der Waals surface area contributed by atoms with Crippen molar-refractivity contribution in [3.8, 4) is 11.7 Å². The number of aromatic nitrogens is 4. The number of hydrogen-bond donors (Lipinski definition) is 1. The normalized spacial score (nSPS) is 17.2. The predicted octanol–water partition coefficient (Wildman–Crippen LogP) is 5.75. The lowest BCUT2D eigenvalue weighted by molar-refractivity contribution is 0.139. The first-order valence-electron chi connectivity index (χ1n) is 11.3. The number of anilines is 1. The largest absolute Gasteiger partial charge is 0.542 e. The fourth-order valence-electron chi connectivity index (χ4n) is 3.93. The molecule has 1 aromatic carbocycles. The molecule has 0 bridgehead atoms. The first kappa shape index (κ1) is 24.8. The van der Waals surface area contributed by atoms with Gasteiger partial charge in [-0.1, -0.05) is 38.4 Å². The van der Waals surface area contributed by atoms with Crippen molar-refractivity contribution in [2.45, 2.75) is 64.2 Å². The predicted molar refractivity (Wildman–Crippen MR) is 132 cm³/mol. The van der Waals surface area contributed by atoms with E-state index in [-0.39, 0.29) is 28.8 Å². The Bertz CT molecular complexity index is 1200. The lowest BCUT2D eigenvalue weighted by Crippen LogP contribution is -2.43. The maximum atomic E-state index is 14.2. The Kier molecular flexibility index (Phi) is 6.60. The minimum atomic E-state index is -2.86. The molecular weight excluding hydrogens is 480 g/mol. The van der Waals surface area contributed by atoms with Gasteiger partial charge in [0.05, 0.1) is 18.2 Å². The highest BCUT2D eigenvalue weighted by Gasteiger charge is 2.39. The summed E-state index contributed by atoms with van der Waals surface area (Å²) in [4.78, 5) is 15.0. The number of imidazole rings is 1. The Morgan fingerprint density at radius 2 is 1.97 bits per heavy atom. The van der Waals surface area contributed by atoms with Gasteiger partial charge in [-0.05, 0) is 43.1 Å². The third kappa shape index (κ3) is 4.50. The molecule has 1 N–H and O–H groups in total. The Morgan fingerprint density at radius 3 is 2.62 bits per heavy atom. The van der Waals surface area contributed by atoms with Crippen molar-refractivity contribution < 1.29 is 18.3 Å². The smallest absolute Gasteiger partial charge is 0.296 e. The molecule has 184 valence electrons. The van der Waals surface area contributed by atoms with Crippen LogP contribution in [-0.4, -0.2) is 52.1 Å². The summed E-state index contributed by atoms with van der Waals surface area (Å²) in [6.07, 6.45) is -1.15. The molecule has 0 radical (unpaired) electrons. The van der Waals surface area contributed by atoms with E-state index < -0.39 is 20.6 Å². The number of aliphatic hydroxyl groups is 1. The van der Waals surface area contributed by atoms with E-state index in [1.54, 1.807) is 24.3 Å². The number of rotatable bonds is 6. The summed E-state index contributed by atoms with van der Waals surface area (Å²) in [6, 6.07) is 6.70. The number of benzene rings is 1. The lowest BCUT2D eigenvalue weighted by Gasteiger charge is -2.36. The molecule has 0 aliphatic carbocycles. The van der Waals surface area contributed by atoms with Crippen LogP contribution in [0.15, 0.2) is 24.3 Å². The number of hydrogen-bond acceptors (Lipinski definition) is 6. The molecule has 3 aromatic rings. The molecule has 0 spiro atoms. The van der Waals surface area contributed by atoms with Crippen LogP contribution in [0.1, 0.15) is 45.9 Å². The van der Waals surface area contributed by atoms with Gasteiger partial charge in [-0.15, -0.1) is 0 Å². The molecule has 0 saturated carbocycles. The summed E-state index contributed by atoms with van der Waals surface area (Å²) in [7, 11) is -2.24. The maximum Gasteiger partial charge on any atom is 0.296 e. The van der Waals surface area contributed by atoms with Crippen molar-refractivity contribution in [3.05, 3.63) is 35.2 Å². The zero-order valence-corrected chi connectivity index (χ0v) is 21.8. The molecule has 3 heterocycles. The lowest BCUT2D eigenvalue weighted by atomic mass is 10.2. The monoisotopic (exact) mass is 509 g/mol. The van der Waals surface area contributed by atoms with Gasteiger partial charge in [-0.2, -0.15) is 4.98 Å². The van der Waals surface area contributed by atoms with E-state index in [0.717, 1.165) is 12.8 Å².